The number of aromatic nitrogens is 1. The Labute approximate surface area is 146 Å². The Kier molecular flexibility index (Phi) is 3.44. The molecule has 0 amide bonds. The van der Waals surface area contributed by atoms with Crippen LogP contribution in [0.4, 0.5) is 0 Å². The van der Waals surface area contributed by atoms with Crippen LogP contribution in [0, 0.1) is 11.3 Å². The number of fused-ring (bicyclic) bond motifs is 3. The lowest BCUT2D eigenvalue weighted by molar-refractivity contribution is 0.104. The standard InChI is InChI=1S/C20H11BrN2O/c21-16-6-3-14(4-7-16)20(24)18-11-13(12-22)10-15-5-8-17-2-1-9-23(17)19(15)18/h1-11H. The smallest absolute Gasteiger partial charge is 0.195 e. The first-order chi connectivity index (χ1) is 11.7. The Morgan fingerprint density at radius 1 is 1.04 bits per heavy atom. The van der Waals surface area contributed by atoms with Crippen molar-refractivity contribution in [2.75, 3.05) is 0 Å². The van der Waals surface area contributed by atoms with Crippen molar-refractivity contribution in [1.82, 2.24) is 4.40 Å². The summed E-state index contributed by atoms with van der Waals surface area (Å²) in [5.41, 5.74) is 3.45. The van der Waals surface area contributed by atoms with Crippen LogP contribution in [-0.4, -0.2) is 10.2 Å². The molecule has 0 aliphatic heterocycles. The average molecular weight is 375 g/mol. The Hall–Kier alpha value is -2.90. The molecule has 2 aromatic carbocycles. The summed E-state index contributed by atoms with van der Waals surface area (Å²) in [6.45, 7) is 0. The van der Waals surface area contributed by atoms with E-state index < -0.39 is 0 Å². The summed E-state index contributed by atoms with van der Waals surface area (Å²) >= 11 is 3.38. The highest BCUT2D eigenvalue weighted by Crippen LogP contribution is 2.26. The third-order valence-corrected chi connectivity index (χ3v) is 4.60. The number of carbonyl (C=O) groups excluding carboxylic acids is 1. The van der Waals surface area contributed by atoms with Crippen LogP contribution >= 0.6 is 15.9 Å². The molecular formula is C20H11BrN2O. The summed E-state index contributed by atoms with van der Waals surface area (Å²) in [5.74, 6) is -0.0919. The van der Waals surface area contributed by atoms with Gasteiger partial charge in [-0.1, -0.05) is 22.0 Å². The van der Waals surface area contributed by atoms with Gasteiger partial charge in [-0.25, -0.2) is 0 Å². The van der Waals surface area contributed by atoms with Gasteiger partial charge in [0.05, 0.1) is 17.1 Å². The summed E-state index contributed by atoms with van der Waals surface area (Å²) in [5, 5.41) is 10.2. The van der Waals surface area contributed by atoms with E-state index in [4.69, 9.17) is 0 Å². The Morgan fingerprint density at radius 2 is 1.83 bits per heavy atom. The van der Waals surface area contributed by atoms with Crippen molar-refractivity contribution in [1.29, 1.82) is 5.26 Å². The molecule has 0 N–H and O–H groups in total. The lowest BCUT2D eigenvalue weighted by Crippen LogP contribution is -2.05. The molecule has 0 fully saturated rings. The van der Waals surface area contributed by atoms with Crippen molar-refractivity contribution in [2.45, 2.75) is 0 Å². The van der Waals surface area contributed by atoms with Gasteiger partial charge in [0.1, 0.15) is 0 Å². The number of nitriles is 1. The number of halogens is 1. The van der Waals surface area contributed by atoms with Crippen LogP contribution in [0.3, 0.4) is 0 Å². The van der Waals surface area contributed by atoms with E-state index in [1.807, 2.05) is 53.1 Å². The van der Waals surface area contributed by atoms with Gasteiger partial charge in [-0.2, -0.15) is 5.26 Å². The molecule has 3 nitrogen and oxygen atoms in total. The molecule has 0 radical (unpaired) electrons. The largest absolute Gasteiger partial charge is 0.316 e. The minimum Gasteiger partial charge on any atom is -0.316 e. The second-order valence-electron chi connectivity index (χ2n) is 5.55. The maximum atomic E-state index is 13.1. The van der Waals surface area contributed by atoms with E-state index in [0.717, 1.165) is 20.9 Å². The monoisotopic (exact) mass is 374 g/mol. The Morgan fingerprint density at radius 3 is 2.58 bits per heavy atom. The second-order valence-corrected chi connectivity index (χ2v) is 6.46. The first-order valence-corrected chi connectivity index (χ1v) is 8.21. The molecule has 24 heavy (non-hydrogen) atoms. The van der Waals surface area contributed by atoms with E-state index in [-0.39, 0.29) is 5.78 Å². The van der Waals surface area contributed by atoms with Crippen LogP contribution in [0.15, 0.2) is 71.3 Å². The molecule has 4 aromatic rings. The van der Waals surface area contributed by atoms with E-state index in [0.29, 0.717) is 16.7 Å². The molecule has 0 saturated carbocycles. The minimum atomic E-state index is -0.0919. The van der Waals surface area contributed by atoms with Crippen LogP contribution in [0.5, 0.6) is 0 Å². The van der Waals surface area contributed by atoms with Crippen molar-refractivity contribution in [3.8, 4) is 6.07 Å². The zero-order valence-corrected chi connectivity index (χ0v) is 14.1. The van der Waals surface area contributed by atoms with Crippen LogP contribution in [0.2, 0.25) is 0 Å². The maximum absolute atomic E-state index is 13.1. The van der Waals surface area contributed by atoms with Crippen molar-refractivity contribution in [3.05, 3.63) is 88.0 Å². The van der Waals surface area contributed by atoms with Crippen molar-refractivity contribution >= 4 is 38.1 Å². The van der Waals surface area contributed by atoms with Gasteiger partial charge < -0.3 is 4.40 Å². The van der Waals surface area contributed by atoms with E-state index in [1.165, 1.54) is 0 Å². The SMILES string of the molecule is N#Cc1cc(C(=O)c2ccc(Br)cc2)c2c(ccc3cccn32)c1. The van der Waals surface area contributed by atoms with Gasteiger partial charge in [-0.15, -0.1) is 0 Å². The van der Waals surface area contributed by atoms with Crippen molar-refractivity contribution in [2.24, 2.45) is 0 Å². The molecular weight excluding hydrogens is 364 g/mol. The van der Waals surface area contributed by atoms with Crippen LogP contribution in [0.25, 0.3) is 16.4 Å². The van der Waals surface area contributed by atoms with Crippen molar-refractivity contribution in [3.63, 3.8) is 0 Å². The number of carbonyl (C=O) groups is 1. The van der Waals surface area contributed by atoms with E-state index in [9.17, 15) is 10.1 Å². The van der Waals surface area contributed by atoms with Gasteiger partial charge in [-0.3, -0.25) is 4.79 Å². The second kappa shape index (κ2) is 5.63. The first kappa shape index (κ1) is 14.7. The third kappa shape index (κ3) is 2.31. The number of pyridine rings is 1. The van der Waals surface area contributed by atoms with Crippen molar-refractivity contribution < 1.29 is 4.79 Å². The summed E-state index contributed by atoms with van der Waals surface area (Å²) in [6.07, 6.45) is 1.93. The topological polar surface area (TPSA) is 45.3 Å². The number of rotatable bonds is 2. The fraction of sp³-hybridized carbons (Fsp3) is 0. The fourth-order valence-electron chi connectivity index (χ4n) is 2.96. The molecule has 0 aliphatic carbocycles. The van der Waals surface area contributed by atoms with Gasteiger partial charge in [0.25, 0.3) is 0 Å². The lowest BCUT2D eigenvalue weighted by Gasteiger charge is -2.10. The highest BCUT2D eigenvalue weighted by molar-refractivity contribution is 9.10. The molecule has 4 rings (SSSR count). The molecule has 0 saturated heterocycles. The highest BCUT2D eigenvalue weighted by Gasteiger charge is 2.16. The normalized spacial score (nSPS) is 10.8. The van der Waals surface area contributed by atoms with Gasteiger partial charge in [0.2, 0.25) is 0 Å². The first-order valence-electron chi connectivity index (χ1n) is 7.41. The molecule has 0 atom stereocenters. The van der Waals surface area contributed by atoms with Crippen LogP contribution in [0.1, 0.15) is 21.5 Å². The Bertz CT molecular complexity index is 1130. The summed E-state index contributed by atoms with van der Waals surface area (Å²) < 4.78 is 2.91. The third-order valence-electron chi connectivity index (χ3n) is 4.07. The van der Waals surface area contributed by atoms with Gasteiger partial charge in [0.15, 0.2) is 5.78 Å². The minimum absolute atomic E-state index is 0.0919. The average Bonchev–Trinajstić information content (AvgIpc) is 3.09. The predicted molar refractivity (Wildman–Crippen MR) is 97.2 cm³/mol. The van der Waals surface area contributed by atoms with Crippen LogP contribution < -0.4 is 0 Å². The van der Waals surface area contributed by atoms with E-state index in [2.05, 4.69) is 22.0 Å². The highest BCUT2D eigenvalue weighted by atomic mass is 79.9. The zero-order valence-electron chi connectivity index (χ0n) is 12.5. The summed E-state index contributed by atoms with van der Waals surface area (Å²) in [6, 6.07) is 20.8. The van der Waals surface area contributed by atoms with E-state index >= 15 is 0 Å². The molecule has 0 spiro atoms. The summed E-state index contributed by atoms with van der Waals surface area (Å²) in [4.78, 5) is 13.1. The van der Waals surface area contributed by atoms with E-state index in [1.54, 1.807) is 18.2 Å². The number of ketones is 1. The summed E-state index contributed by atoms with van der Waals surface area (Å²) in [7, 11) is 0. The maximum Gasteiger partial charge on any atom is 0.195 e. The molecule has 2 heterocycles. The number of benzene rings is 2. The Balaban J connectivity index is 2.05. The molecule has 0 aliphatic rings. The predicted octanol–water partition coefficient (Wildman–Crippen LogP) is 4.96. The molecule has 4 heteroatoms. The van der Waals surface area contributed by atoms with Crippen LogP contribution in [-0.2, 0) is 0 Å². The molecule has 114 valence electrons. The zero-order chi connectivity index (χ0) is 16.7. The van der Waals surface area contributed by atoms with Gasteiger partial charge in [-0.05, 0) is 54.6 Å². The molecule has 2 aromatic heterocycles. The lowest BCUT2D eigenvalue weighted by atomic mass is 9.98. The quantitative estimate of drug-likeness (QED) is 0.465. The molecule has 0 bridgehead atoms. The number of hydrogen-bond donors (Lipinski definition) is 0. The molecule has 0 unspecified atom stereocenters. The van der Waals surface area contributed by atoms with Gasteiger partial charge in [0, 0.05) is 32.7 Å². The number of nitrogens with zero attached hydrogens (tertiary/aromatic N) is 2. The van der Waals surface area contributed by atoms with Gasteiger partial charge >= 0.3 is 0 Å². The number of hydrogen-bond acceptors (Lipinski definition) is 2. The fourth-order valence-corrected chi connectivity index (χ4v) is 3.22.